The maximum atomic E-state index is 11.8. The third-order valence-electron chi connectivity index (χ3n) is 5.24. The van der Waals surface area contributed by atoms with Crippen molar-refractivity contribution in [1.29, 1.82) is 0 Å². The van der Waals surface area contributed by atoms with Gasteiger partial charge in [-0.25, -0.2) is 5.01 Å². The van der Waals surface area contributed by atoms with Crippen molar-refractivity contribution in [3.63, 3.8) is 0 Å². The first-order valence-electron chi connectivity index (χ1n) is 10.2. The van der Waals surface area contributed by atoms with Crippen LogP contribution < -0.4 is 15.8 Å². The molecule has 10 nitrogen and oxygen atoms in total. The summed E-state index contributed by atoms with van der Waals surface area (Å²) in [5, 5.41) is 19.7. The third kappa shape index (κ3) is 4.84. The molecule has 0 saturated carbocycles. The molecule has 1 aliphatic rings. The highest BCUT2D eigenvalue weighted by atomic mass is 32.1. The van der Waals surface area contributed by atoms with Gasteiger partial charge in [-0.05, 0) is 53.7 Å². The Kier molecular flexibility index (Phi) is 6.46. The Hall–Kier alpha value is -4.38. The molecule has 0 fully saturated rings. The minimum absolute atomic E-state index is 0.0114. The van der Waals surface area contributed by atoms with Crippen molar-refractivity contribution >= 4 is 34.6 Å². The van der Waals surface area contributed by atoms with Gasteiger partial charge in [0.15, 0.2) is 5.11 Å². The quantitative estimate of drug-likeness (QED) is 0.313. The fourth-order valence-electron chi connectivity index (χ4n) is 3.54. The van der Waals surface area contributed by atoms with Gasteiger partial charge in [-0.1, -0.05) is 12.1 Å². The number of nitro benzene ring substituents is 1. The summed E-state index contributed by atoms with van der Waals surface area (Å²) in [7, 11) is 1.53. The summed E-state index contributed by atoms with van der Waals surface area (Å²) in [4.78, 5) is 26.3. The van der Waals surface area contributed by atoms with Crippen LogP contribution in [0.15, 0.2) is 72.0 Å². The van der Waals surface area contributed by atoms with E-state index in [2.05, 4.69) is 15.4 Å². The number of aromatic nitrogens is 1. The second-order valence-corrected chi connectivity index (χ2v) is 7.80. The maximum absolute atomic E-state index is 11.8. The van der Waals surface area contributed by atoms with Crippen LogP contribution in [-0.4, -0.2) is 38.7 Å². The smallest absolute Gasteiger partial charge is 0.269 e. The lowest BCUT2D eigenvalue weighted by molar-refractivity contribution is -0.384. The van der Waals surface area contributed by atoms with Crippen LogP contribution in [0.3, 0.4) is 0 Å². The summed E-state index contributed by atoms with van der Waals surface area (Å²) in [6.07, 6.45) is 2.03. The average molecular weight is 477 g/mol. The molecule has 0 spiro atoms. The molecule has 172 valence electrons. The van der Waals surface area contributed by atoms with Gasteiger partial charge in [0.05, 0.1) is 16.7 Å². The summed E-state index contributed by atoms with van der Waals surface area (Å²) in [6.45, 7) is 0. The number of nitro groups is 1. The third-order valence-corrected chi connectivity index (χ3v) is 5.43. The number of hydrazone groups is 1. The van der Waals surface area contributed by atoms with Gasteiger partial charge in [0.2, 0.25) is 0 Å². The minimum atomic E-state index is -0.445. The van der Waals surface area contributed by atoms with E-state index in [0.717, 1.165) is 16.8 Å². The van der Waals surface area contributed by atoms with E-state index in [1.54, 1.807) is 41.4 Å². The summed E-state index contributed by atoms with van der Waals surface area (Å²) < 4.78 is 5.86. The molecule has 2 heterocycles. The average Bonchev–Trinajstić information content (AvgIpc) is 3.30. The van der Waals surface area contributed by atoms with E-state index in [9.17, 15) is 14.9 Å². The van der Waals surface area contributed by atoms with Crippen molar-refractivity contribution in [3.05, 3.63) is 93.8 Å². The van der Waals surface area contributed by atoms with Gasteiger partial charge in [-0.3, -0.25) is 19.9 Å². The molecule has 0 bridgehead atoms. The zero-order chi connectivity index (χ0) is 24.2. The number of pyridine rings is 1. The second-order valence-electron chi connectivity index (χ2n) is 7.38. The maximum Gasteiger partial charge on any atom is 0.269 e. The number of ether oxygens (including phenoxy) is 1. The first-order chi connectivity index (χ1) is 16.4. The van der Waals surface area contributed by atoms with Gasteiger partial charge in [-0.15, -0.1) is 0 Å². The van der Waals surface area contributed by atoms with E-state index < -0.39 is 4.92 Å². The van der Waals surface area contributed by atoms with E-state index in [4.69, 9.17) is 22.7 Å². The lowest BCUT2D eigenvalue weighted by Gasteiger charge is -2.22. The number of carbonyl (C=O) groups excluding carboxylic acids is 1. The van der Waals surface area contributed by atoms with E-state index >= 15 is 0 Å². The number of nitrogens with two attached hydrogens (primary N) is 1. The molecule has 34 heavy (non-hydrogen) atoms. The molecule has 1 aromatic heterocycles. The summed E-state index contributed by atoms with van der Waals surface area (Å²) >= 11 is 5.19. The number of carbonyl (C=O) groups is 1. The van der Waals surface area contributed by atoms with Crippen LogP contribution in [0.4, 0.5) is 5.69 Å². The Bertz CT molecular complexity index is 1280. The lowest BCUT2D eigenvalue weighted by atomic mass is 9.98. The molecule has 3 N–H and O–H groups in total. The van der Waals surface area contributed by atoms with Gasteiger partial charge in [0.25, 0.3) is 11.6 Å². The monoisotopic (exact) mass is 476 g/mol. The van der Waals surface area contributed by atoms with E-state index in [-0.39, 0.29) is 28.4 Å². The summed E-state index contributed by atoms with van der Waals surface area (Å²) in [6, 6.07) is 16.6. The van der Waals surface area contributed by atoms with Crippen LogP contribution in [0, 0.1) is 10.1 Å². The molecule has 1 aliphatic heterocycles. The van der Waals surface area contributed by atoms with Gasteiger partial charge in [0, 0.05) is 37.9 Å². The minimum Gasteiger partial charge on any atom is -0.457 e. The zero-order valence-electron chi connectivity index (χ0n) is 18.0. The normalized spacial score (nSPS) is 14.9. The Balaban J connectivity index is 1.51. The van der Waals surface area contributed by atoms with Crippen molar-refractivity contribution in [2.24, 2.45) is 10.8 Å². The predicted octanol–water partition coefficient (Wildman–Crippen LogP) is 3.54. The van der Waals surface area contributed by atoms with Crippen LogP contribution in [-0.2, 0) is 0 Å². The largest absolute Gasteiger partial charge is 0.457 e. The SMILES string of the molecule is CNC(=O)c1cc(Oc2ccc(C3CC(c4ccc([N+](=O)[O-])cc4)=NN3C(N)=S)cc2)ccn1. The van der Waals surface area contributed by atoms with Crippen molar-refractivity contribution in [2.75, 3.05) is 7.05 Å². The number of nitrogens with one attached hydrogen (secondary N) is 1. The molecule has 1 unspecified atom stereocenters. The molecule has 3 aromatic rings. The zero-order valence-corrected chi connectivity index (χ0v) is 18.9. The lowest BCUT2D eigenvalue weighted by Crippen LogP contribution is -2.31. The number of nitrogens with zero attached hydrogens (tertiary/aromatic N) is 4. The molecule has 2 aromatic carbocycles. The highest BCUT2D eigenvalue weighted by Gasteiger charge is 2.30. The number of hydrogen-bond donors (Lipinski definition) is 2. The van der Waals surface area contributed by atoms with Crippen LogP contribution in [0.5, 0.6) is 11.5 Å². The first-order valence-corrected chi connectivity index (χ1v) is 10.6. The molecule has 11 heteroatoms. The Morgan fingerprint density at radius 1 is 1.18 bits per heavy atom. The van der Waals surface area contributed by atoms with Crippen LogP contribution >= 0.6 is 12.2 Å². The number of thiocarbonyl (C=S) groups is 1. The standard InChI is InChI=1S/C23H20N6O4S/c1-25-22(30)20-12-18(10-11-26-20)33-17-8-4-15(5-9-17)21-13-19(27-28(21)23(24)34)14-2-6-16(7-3-14)29(31)32/h2-12,21H,13H2,1H3,(H2,24,34)(H,25,30). The number of benzene rings is 2. The van der Waals surface area contributed by atoms with Gasteiger partial charge in [0.1, 0.15) is 17.2 Å². The molecule has 0 radical (unpaired) electrons. The molecule has 1 amide bonds. The van der Waals surface area contributed by atoms with Gasteiger partial charge in [-0.2, -0.15) is 5.10 Å². The van der Waals surface area contributed by atoms with E-state index in [1.807, 2.05) is 12.1 Å². The van der Waals surface area contributed by atoms with E-state index in [1.165, 1.54) is 25.4 Å². The number of rotatable bonds is 6. The molecule has 4 rings (SSSR count). The number of hydrogen-bond acceptors (Lipinski definition) is 7. The van der Waals surface area contributed by atoms with Crippen molar-refractivity contribution in [2.45, 2.75) is 12.5 Å². The molecular weight excluding hydrogens is 456 g/mol. The molecule has 0 aliphatic carbocycles. The second kappa shape index (κ2) is 9.63. The van der Waals surface area contributed by atoms with Crippen LogP contribution in [0.2, 0.25) is 0 Å². The highest BCUT2D eigenvalue weighted by molar-refractivity contribution is 7.80. The Morgan fingerprint density at radius 3 is 2.50 bits per heavy atom. The number of amides is 1. The molecule has 1 atom stereocenters. The topological polar surface area (TPSA) is 136 Å². The van der Waals surface area contributed by atoms with Crippen molar-refractivity contribution < 1.29 is 14.5 Å². The number of non-ortho nitro benzene ring substituents is 1. The first kappa shape index (κ1) is 22.8. The van der Waals surface area contributed by atoms with Crippen LogP contribution in [0.25, 0.3) is 0 Å². The summed E-state index contributed by atoms with van der Waals surface area (Å²) in [5.74, 6) is 0.758. The van der Waals surface area contributed by atoms with Gasteiger partial charge >= 0.3 is 0 Å². The molecular formula is C23H20N6O4S. The fraction of sp³-hybridized carbons (Fsp3) is 0.130. The van der Waals surface area contributed by atoms with Crippen molar-refractivity contribution in [3.8, 4) is 11.5 Å². The Labute approximate surface area is 200 Å². The predicted molar refractivity (Wildman–Crippen MR) is 130 cm³/mol. The summed E-state index contributed by atoms with van der Waals surface area (Å²) in [5.41, 5.74) is 8.59. The fourth-order valence-corrected chi connectivity index (χ4v) is 3.71. The Morgan fingerprint density at radius 2 is 1.88 bits per heavy atom. The molecule has 0 saturated heterocycles. The van der Waals surface area contributed by atoms with Gasteiger partial charge < -0.3 is 15.8 Å². The van der Waals surface area contributed by atoms with E-state index in [0.29, 0.717) is 17.9 Å². The highest BCUT2D eigenvalue weighted by Crippen LogP contribution is 2.34. The van der Waals surface area contributed by atoms with Crippen LogP contribution in [0.1, 0.15) is 34.1 Å². The van der Waals surface area contributed by atoms with Crippen molar-refractivity contribution in [1.82, 2.24) is 15.3 Å².